The van der Waals surface area contributed by atoms with Crippen LogP contribution in [0.5, 0.6) is 5.75 Å². The summed E-state index contributed by atoms with van der Waals surface area (Å²) >= 11 is 0. The van der Waals surface area contributed by atoms with E-state index in [1.54, 1.807) is 23.1 Å². The van der Waals surface area contributed by atoms with Crippen LogP contribution in [0.15, 0.2) is 42.5 Å². The highest BCUT2D eigenvalue weighted by Gasteiger charge is 2.49. The van der Waals surface area contributed by atoms with E-state index in [2.05, 4.69) is 12.2 Å². The fraction of sp³-hybridized carbons (Fsp3) is 0.333. The lowest BCUT2D eigenvalue weighted by molar-refractivity contribution is 0.0377. The Bertz CT molecular complexity index is 909. The Labute approximate surface area is 158 Å². The minimum atomic E-state index is -0.805. The zero-order valence-corrected chi connectivity index (χ0v) is 15.6. The summed E-state index contributed by atoms with van der Waals surface area (Å²) in [6, 6.07) is 12.7. The number of methoxy groups -OCH3 is 1. The van der Waals surface area contributed by atoms with Crippen LogP contribution in [0, 0.1) is 0 Å². The Kier molecular flexibility index (Phi) is 4.06. The number of urea groups is 1. The number of benzene rings is 2. The van der Waals surface area contributed by atoms with Gasteiger partial charge in [0.25, 0.3) is 0 Å². The van der Waals surface area contributed by atoms with E-state index in [1.807, 2.05) is 31.2 Å². The molecule has 2 aromatic rings. The molecule has 4 rings (SSSR count). The molecule has 27 heavy (non-hydrogen) atoms. The third-order valence-corrected chi connectivity index (χ3v) is 5.30. The van der Waals surface area contributed by atoms with E-state index < -0.39 is 11.7 Å². The van der Waals surface area contributed by atoms with Gasteiger partial charge in [-0.1, -0.05) is 19.1 Å². The standard InChI is InChI=1S/C21H22N2O4/c1-4-13-5-8-15(9-6-13)23-20(25)22-17-12-21(23,2)27-18-10-7-14(11-16(17)18)19(24)26-3/h5-11,17H,4,12H2,1-3H3,(H,22,25)/t17-,21-/m0/s1. The number of rotatable bonds is 3. The summed E-state index contributed by atoms with van der Waals surface area (Å²) in [5.74, 6) is 0.252. The molecule has 0 spiro atoms. The van der Waals surface area contributed by atoms with Crippen LogP contribution in [0.1, 0.15) is 47.8 Å². The molecule has 2 aliphatic rings. The number of amides is 2. The molecule has 6 heteroatoms. The quantitative estimate of drug-likeness (QED) is 0.839. The number of esters is 1. The zero-order valence-electron chi connectivity index (χ0n) is 15.6. The molecule has 1 fully saturated rings. The summed E-state index contributed by atoms with van der Waals surface area (Å²) in [6.45, 7) is 4.02. The van der Waals surface area contributed by atoms with Crippen molar-refractivity contribution < 1.29 is 19.1 Å². The number of hydrogen-bond acceptors (Lipinski definition) is 4. The third kappa shape index (κ3) is 2.81. The molecule has 0 saturated carbocycles. The first-order chi connectivity index (χ1) is 12.9. The SMILES string of the molecule is CCc1ccc(N2C(=O)N[C@H]3C[C@]2(C)Oc2ccc(C(=O)OC)cc23)cc1. The molecule has 2 bridgehead atoms. The molecule has 2 amide bonds. The van der Waals surface area contributed by atoms with Crippen molar-refractivity contribution >= 4 is 17.7 Å². The average molecular weight is 366 g/mol. The van der Waals surface area contributed by atoms with Crippen molar-refractivity contribution in [2.75, 3.05) is 12.0 Å². The molecule has 2 aromatic carbocycles. The molecule has 0 aromatic heterocycles. The molecule has 140 valence electrons. The van der Waals surface area contributed by atoms with Crippen LogP contribution < -0.4 is 15.0 Å². The summed E-state index contributed by atoms with van der Waals surface area (Å²) < 4.78 is 11.1. The van der Waals surface area contributed by atoms with Gasteiger partial charge in [0.2, 0.25) is 0 Å². The first-order valence-electron chi connectivity index (χ1n) is 9.06. The minimum Gasteiger partial charge on any atom is -0.467 e. The number of nitrogens with one attached hydrogen (secondary N) is 1. The number of fused-ring (bicyclic) bond motifs is 4. The number of hydrogen-bond donors (Lipinski definition) is 1. The number of aryl methyl sites for hydroxylation is 1. The third-order valence-electron chi connectivity index (χ3n) is 5.30. The lowest BCUT2D eigenvalue weighted by Crippen LogP contribution is -2.65. The Morgan fingerprint density at radius 3 is 2.70 bits per heavy atom. The summed E-state index contributed by atoms with van der Waals surface area (Å²) in [7, 11) is 1.35. The van der Waals surface area contributed by atoms with Gasteiger partial charge in [-0.3, -0.25) is 4.90 Å². The first-order valence-corrected chi connectivity index (χ1v) is 9.06. The maximum absolute atomic E-state index is 12.9. The van der Waals surface area contributed by atoms with Crippen LogP contribution in [-0.2, 0) is 11.2 Å². The van der Waals surface area contributed by atoms with Crippen molar-refractivity contribution in [1.82, 2.24) is 5.32 Å². The van der Waals surface area contributed by atoms with Gasteiger partial charge in [0, 0.05) is 17.7 Å². The zero-order chi connectivity index (χ0) is 19.2. The van der Waals surface area contributed by atoms with Gasteiger partial charge in [-0.2, -0.15) is 0 Å². The van der Waals surface area contributed by atoms with Gasteiger partial charge in [0.1, 0.15) is 5.75 Å². The summed E-state index contributed by atoms with van der Waals surface area (Å²) in [4.78, 5) is 26.4. The maximum atomic E-state index is 12.9. The van der Waals surface area contributed by atoms with E-state index in [9.17, 15) is 9.59 Å². The predicted molar refractivity (Wildman–Crippen MR) is 101 cm³/mol. The van der Waals surface area contributed by atoms with E-state index in [0.29, 0.717) is 17.7 Å². The molecule has 2 atom stereocenters. The summed E-state index contributed by atoms with van der Waals surface area (Å²) in [5.41, 5.74) is 2.44. The topological polar surface area (TPSA) is 67.9 Å². The van der Waals surface area contributed by atoms with E-state index >= 15 is 0 Å². The van der Waals surface area contributed by atoms with Crippen LogP contribution in [0.4, 0.5) is 10.5 Å². The van der Waals surface area contributed by atoms with Crippen molar-refractivity contribution in [2.45, 2.75) is 38.5 Å². The van der Waals surface area contributed by atoms with Gasteiger partial charge in [0.15, 0.2) is 5.72 Å². The lowest BCUT2D eigenvalue weighted by atomic mass is 9.89. The Hall–Kier alpha value is -3.02. The molecule has 0 aliphatic carbocycles. The van der Waals surface area contributed by atoms with Crippen molar-refractivity contribution in [3.63, 3.8) is 0 Å². The van der Waals surface area contributed by atoms with Gasteiger partial charge in [0.05, 0.1) is 18.7 Å². The van der Waals surface area contributed by atoms with Gasteiger partial charge in [-0.25, -0.2) is 9.59 Å². The smallest absolute Gasteiger partial charge is 0.337 e. The molecule has 0 radical (unpaired) electrons. The van der Waals surface area contributed by atoms with Crippen molar-refractivity contribution in [3.8, 4) is 5.75 Å². The molecule has 6 nitrogen and oxygen atoms in total. The number of carbonyl (C=O) groups excluding carboxylic acids is 2. The molecule has 2 aliphatic heterocycles. The fourth-order valence-electron chi connectivity index (χ4n) is 3.89. The summed E-state index contributed by atoms with van der Waals surface area (Å²) in [6.07, 6.45) is 1.52. The van der Waals surface area contributed by atoms with E-state index in [4.69, 9.17) is 9.47 Å². The Balaban J connectivity index is 1.72. The van der Waals surface area contributed by atoms with Gasteiger partial charge in [-0.05, 0) is 49.2 Å². The molecular formula is C21H22N2O4. The fourth-order valence-corrected chi connectivity index (χ4v) is 3.89. The molecule has 0 unspecified atom stereocenters. The second kappa shape index (κ2) is 6.30. The average Bonchev–Trinajstić information content (AvgIpc) is 2.67. The van der Waals surface area contributed by atoms with E-state index in [-0.39, 0.29) is 12.1 Å². The normalized spacial score (nSPS) is 23.1. The maximum Gasteiger partial charge on any atom is 0.337 e. The lowest BCUT2D eigenvalue weighted by Gasteiger charge is -2.50. The number of anilines is 1. The molecule has 1 saturated heterocycles. The highest BCUT2D eigenvalue weighted by Crippen LogP contribution is 2.45. The highest BCUT2D eigenvalue weighted by molar-refractivity contribution is 5.95. The molecule has 2 heterocycles. The second-order valence-electron chi connectivity index (χ2n) is 7.08. The number of carbonyl (C=O) groups is 2. The summed E-state index contributed by atoms with van der Waals surface area (Å²) in [5, 5.41) is 3.05. The van der Waals surface area contributed by atoms with Crippen LogP contribution in [0.25, 0.3) is 0 Å². The number of ether oxygens (including phenoxy) is 2. The Morgan fingerprint density at radius 2 is 2.04 bits per heavy atom. The highest BCUT2D eigenvalue weighted by atomic mass is 16.5. The minimum absolute atomic E-state index is 0.216. The predicted octanol–water partition coefficient (Wildman–Crippen LogP) is 3.81. The molecular weight excluding hydrogens is 344 g/mol. The monoisotopic (exact) mass is 366 g/mol. The van der Waals surface area contributed by atoms with Crippen LogP contribution in [0.3, 0.4) is 0 Å². The van der Waals surface area contributed by atoms with E-state index in [0.717, 1.165) is 17.7 Å². The molecule has 1 N–H and O–H groups in total. The van der Waals surface area contributed by atoms with Crippen molar-refractivity contribution in [1.29, 1.82) is 0 Å². The van der Waals surface area contributed by atoms with Gasteiger partial charge in [-0.15, -0.1) is 0 Å². The Morgan fingerprint density at radius 1 is 1.30 bits per heavy atom. The van der Waals surface area contributed by atoms with Crippen molar-refractivity contribution in [2.24, 2.45) is 0 Å². The van der Waals surface area contributed by atoms with Crippen LogP contribution in [0.2, 0.25) is 0 Å². The first kappa shape index (κ1) is 17.4. The second-order valence-corrected chi connectivity index (χ2v) is 7.08. The van der Waals surface area contributed by atoms with E-state index in [1.165, 1.54) is 12.7 Å². The largest absolute Gasteiger partial charge is 0.467 e. The van der Waals surface area contributed by atoms with Gasteiger partial charge >= 0.3 is 12.0 Å². The van der Waals surface area contributed by atoms with Gasteiger partial charge < -0.3 is 14.8 Å². The van der Waals surface area contributed by atoms with Crippen LogP contribution in [-0.4, -0.2) is 24.8 Å². The number of nitrogens with zero attached hydrogens (tertiary/aromatic N) is 1. The van der Waals surface area contributed by atoms with Crippen LogP contribution >= 0.6 is 0 Å². The van der Waals surface area contributed by atoms with Crippen molar-refractivity contribution in [3.05, 3.63) is 59.2 Å².